The molecule has 8 heteroatoms. The number of phenolic OH excluding ortho intramolecular Hbond substituents is 1. The number of carboxylic acid groups (broad SMARTS) is 1. The maximum atomic E-state index is 12.5. The Morgan fingerprint density at radius 3 is 2.64 bits per heavy atom. The molecular formula is C17H14N4O4. The summed E-state index contributed by atoms with van der Waals surface area (Å²) in [5.41, 5.74) is 1.16. The molecule has 25 heavy (non-hydrogen) atoms. The first kappa shape index (κ1) is 16.2. The highest BCUT2D eigenvalue weighted by molar-refractivity contribution is 5.92. The van der Waals surface area contributed by atoms with Crippen LogP contribution in [0, 0.1) is 0 Å². The monoisotopic (exact) mass is 338 g/mol. The van der Waals surface area contributed by atoms with Crippen LogP contribution >= 0.6 is 0 Å². The van der Waals surface area contributed by atoms with Crippen molar-refractivity contribution in [2.45, 2.75) is 6.54 Å². The molecule has 0 amide bonds. The molecule has 0 bridgehead atoms. The van der Waals surface area contributed by atoms with Crippen molar-refractivity contribution in [3.63, 3.8) is 0 Å². The summed E-state index contributed by atoms with van der Waals surface area (Å²) in [6.07, 6.45) is 7.72. The maximum Gasteiger partial charge on any atom is 0.323 e. The van der Waals surface area contributed by atoms with Crippen LogP contribution in [-0.2, 0) is 11.3 Å². The Kier molecular flexibility index (Phi) is 4.42. The standard InChI is InChI=1S/C17H14N4O4/c22-13-4-1-11(2-5-13)7-14-17(25)21(9-16(23)24)15(20-14)6-3-12-8-18-10-19-12/h1-8,10,20,22H,9H2,(H,23,24)/b12-3-,14-7+,15-6+. The molecule has 1 aliphatic rings. The zero-order valence-corrected chi connectivity index (χ0v) is 13.0. The van der Waals surface area contributed by atoms with E-state index in [9.17, 15) is 14.7 Å². The summed E-state index contributed by atoms with van der Waals surface area (Å²) >= 11 is 0. The normalized spacial score (nSPS) is 16.2. The zero-order valence-electron chi connectivity index (χ0n) is 13.0. The quantitative estimate of drug-likeness (QED) is 0.701. The Labute approximate surface area is 141 Å². The number of phenols is 1. The Morgan fingerprint density at radius 1 is 1.24 bits per heavy atom. The van der Waals surface area contributed by atoms with Crippen LogP contribution in [0.3, 0.4) is 0 Å². The predicted molar refractivity (Wildman–Crippen MR) is 93.1 cm³/mol. The average molecular weight is 338 g/mol. The molecule has 3 rings (SSSR count). The summed E-state index contributed by atoms with van der Waals surface area (Å²) in [4.78, 5) is 34.3. The van der Waals surface area contributed by atoms with Crippen LogP contribution in [0.2, 0.25) is 0 Å². The zero-order chi connectivity index (χ0) is 17.8. The van der Waals surface area contributed by atoms with Crippen LogP contribution in [0.5, 0.6) is 5.75 Å². The molecule has 1 aromatic heterocycles. The van der Waals surface area contributed by atoms with E-state index in [0.29, 0.717) is 16.7 Å². The SMILES string of the molecule is O=C(O)Cn1c(=O)/c(=C\c2ccc(O)cc2)[nH]/c1=C\C=C1\C=NC=N1. The van der Waals surface area contributed by atoms with Crippen molar-refractivity contribution >= 4 is 30.7 Å². The summed E-state index contributed by atoms with van der Waals surface area (Å²) in [5, 5.41) is 18.6. The first-order chi connectivity index (χ1) is 12.0. The molecule has 0 radical (unpaired) electrons. The van der Waals surface area contributed by atoms with E-state index in [0.717, 1.165) is 4.57 Å². The molecular weight excluding hydrogens is 324 g/mol. The summed E-state index contributed by atoms with van der Waals surface area (Å²) in [5.74, 6) is -1.01. The fourth-order valence-electron chi connectivity index (χ4n) is 2.27. The molecule has 0 aliphatic carbocycles. The van der Waals surface area contributed by atoms with Crippen LogP contribution in [0.1, 0.15) is 5.56 Å². The Morgan fingerprint density at radius 2 is 2.00 bits per heavy atom. The molecule has 2 aromatic rings. The van der Waals surface area contributed by atoms with Crippen LogP contribution in [0.4, 0.5) is 0 Å². The van der Waals surface area contributed by atoms with Gasteiger partial charge in [-0.15, -0.1) is 0 Å². The molecule has 0 atom stereocenters. The number of aromatic amines is 1. The Hall–Kier alpha value is -3.68. The lowest BCUT2D eigenvalue weighted by Gasteiger charge is -1.95. The van der Waals surface area contributed by atoms with E-state index in [2.05, 4.69) is 15.0 Å². The first-order valence-corrected chi connectivity index (χ1v) is 7.32. The van der Waals surface area contributed by atoms with Crippen LogP contribution in [0.25, 0.3) is 12.2 Å². The van der Waals surface area contributed by atoms with Crippen LogP contribution in [-0.4, -0.2) is 38.3 Å². The number of allylic oxidation sites excluding steroid dienone is 2. The largest absolute Gasteiger partial charge is 0.508 e. The predicted octanol–water partition coefficient (Wildman–Crippen LogP) is -0.427. The topological polar surface area (TPSA) is 120 Å². The lowest BCUT2D eigenvalue weighted by Crippen LogP contribution is -2.33. The molecule has 8 nitrogen and oxygen atoms in total. The van der Waals surface area contributed by atoms with Crippen molar-refractivity contribution < 1.29 is 15.0 Å². The van der Waals surface area contributed by atoms with E-state index in [1.165, 1.54) is 18.5 Å². The number of aliphatic carboxylic acids is 1. The van der Waals surface area contributed by atoms with Gasteiger partial charge in [0.05, 0.1) is 11.9 Å². The number of carboxylic acids is 1. The van der Waals surface area contributed by atoms with Crippen molar-refractivity contribution in [1.82, 2.24) is 9.55 Å². The molecule has 0 fully saturated rings. The van der Waals surface area contributed by atoms with E-state index >= 15 is 0 Å². The van der Waals surface area contributed by atoms with E-state index in [1.54, 1.807) is 36.6 Å². The molecule has 1 aromatic carbocycles. The highest BCUT2D eigenvalue weighted by atomic mass is 16.4. The molecule has 1 aliphatic heterocycles. The number of benzene rings is 1. The fourth-order valence-corrected chi connectivity index (χ4v) is 2.27. The van der Waals surface area contributed by atoms with Gasteiger partial charge in [0.1, 0.15) is 29.5 Å². The number of hydrogen-bond donors (Lipinski definition) is 3. The van der Waals surface area contributed by atoms with E-state index < -0.39 is 18.1 Å². The number of carbonyl (C=O) groups is 1. The first-order valence-electron chi connectivity index (χ1n) is 7.32. The summed E-state index contributed by atoms with van der Waals surface area (Å²) in [6.45, 7) is -0.467. The van der Waals surface area contributed by atoms with Gasteiger partial charge in [-0.2, -0.15) is 0 Å². The molecule has 126 valence electrons. The second-order valence-corrected chi connectivity index (χ2v) is 5.23. The van der Waals surface area contributed by atoms with Gasteiger partial charge in [-0.1, -0.05) is 12.1 Å². The van der Waals surface area contributed by atoms with Crippen molar-refractivity contribution in [2.75, 3.05) is 0 Å². The van der Waals surface area contributed by atoms with E-state index in [1.807, 2.05) is 0 Å². The highest BCUT2D eigenvalue weighted by Crippen LogP contribution is 2.09. The molecule has 0 spiro atoms. The smallest absolute Gasteiger partial charge is 0.323 e. The summed E-state index contributed by atoms with van der Waals surface area (Å²) in [7, 11) is 0. The van der Waals surface area contributed by atoms with Gasteiger partial charge < -0.3 is 15.2 Å². The molecule has 0 saturated carbocycles. The van der Waals surface area contributed by atoms with E-state index in [4.69, 9.17) is 5.11 Å². The van der Waals surface area contributed by atoms with Crippen molar-refractivity contribution in [3.8, 4) is 5.75 Å². The minimum absolute atomic E-state index is 0.117. The van der Waals surface area contributed by atoms with Gasteiger partial charge >= 0.3 is 5.97 Å². The number of aliphatic imine (C=N–C) groups is 2. The van der Waals surface area contributed by atoms with Gasteiger partial charge in [0.2, 0.25) is 0 Å². The second kappa shape index (κ2) is 6.83. The van der Waals surface area contributed by atoms with Gasteiger partial charge in [-0.25, -0.2) is 9.98 Å². The maximum absolute atomic E-state index is 12.5. The van der Waals surface area contributed by atoms with Crippen molar-refractivity contribution in [3.05, 3.63) is 62.8 Å². The van der Waals surface area contributed by atoms with Gasteiger partial charge in [-0.05, 0) is 35.9 Å². The number of H-pyrrole nitrogens is 1. The minimum Gasteiger partial charge on any atom is -0.508 e. The third-order valence-electron chi connectivity index (χ3n) is 3.42. The fraction of sp³-hybridized carbons (Fsp3) is 0.0588. The number of aromatic hydroxyl groups is 1. The minimum atomic E-state index is -1.12. The van der Waals surface area contributed by atoms with Gasteiger partial charge in [0.25, 0.3) is 5.56 Å². The number of rotatable bonds is 4. The molecule has 0 saturated heterocycles. The lowest BCUT2D eigenvalue weighted by atomic mass is 10.2. The van der Waals surface area contributed by atoms with Gasteiger partial charge in [0, 0.05) is 0 Å². The van der Waals surface area contributed by atoms with Gasteiger partial charge in [-0.3, -0.25) is 14.2 Å². The third kappa shape index (κ3) is 3.81. The molecule has 0 unspecified atom stereocenters. The molecule has 3 N–H and O–H groups in total. The summed E-state index contributed by atoms with van der Waals surface area (Å²) < 4.78 is 1.13. The second-order valence-electron chi connectivity index (χ2n) is 5.23. The lowest BCUT2D eigenvalue weighted by molar-refractivity contribution is -0.137. The van der Waals surface area contributed by atoms with Crippen molar-refractivity contribution in [2.24, 2.45) is 9.98 Å². The number of imidazole rings is 1. The Bertz CT molecular complexity index is 1060. The average Bonchev–Trinajstić information content (AvgIpc) is 3.18. The highest BCUT2D eigenvalue weighted by Gasteiger charge is 2.07. The molecule has 2 heterocycles. The Balaban J connectivity index is 2.13. The summed E-state index contributed by atoms with van der Waals surface area (Å²) in [6, 6.07) is 6.29. The van der Waals surface area contributed by atoms with Crippen LogP contribution in [0.15, 0.2) is 50.8 Å². The number of nitrogens with zero attached hydrogens (tertiary/aromatic N) is 3. The van der Waals surface area contributed by atoms with Crippen LogP contribution < -0.4 is 16.4 Å². The third-order valence-corrected chi connectivity index (χ3v) is 3.42. The van der Waals surface area contributed by atoms with Gasteiger partial charge in [0.15, 0.2) is 0 Å². The number of aromatic nitrogens is 2. The van der Waals surface area contributed by atoms with Crippen molar-refractivity contribution in [1.29, 1.82) is 0 Å². The number of hydrogen-bond acceptors (Lipinski definition) is 5. The number of nitrogens with one attached hydrogen (secondary N) is 1. The van der Waals surface area contributed by atoms with E-state index in [-0.39, 0.29) is 11.1 Å².